The monoisotopic (exact) mass is 284 g/mol. The van der Waals surface area contributed by atoms with Crippen LogP contribution in [0, 0.1) is 0 Å². The van der Waals surface area contributed by atoms with E-state index in [9.17, 15) is 0 Å². The molecular weight excluding hydrogens is 264 g/mol. The van der Waals surface area contributed by atoms with E-state index in [4.69, 9.17) is 0 Å². The van der Waals surface area contributed by atoms with Gasteiger partial charge in [0.1, 0.15) is 0 Å². The van der Waals surface area contributed by atoms with Crippen molar-refractivity contribution in [2.45, 2.75) is 25.7 Å². The molecule has 0 spiro atoms. The van der Waals surface area contributed by atoms with Gasteiger partial charge < -0.3 is 10.2 Å². The van der Waals surface area contributed by atoms with Crippen LogP contribution in [-0.4, -0.2) is 44.5 Å². The lowest BCUT2D eigenvalue weighted by atomic mass is 9.95. The Morgan fingerprint density at radius 1 is 1.19 bits per heavy atom. The van der Waals surface area contributed by atoms with Gasteiger partial charge in [-0.15, -0.1) is 0 Å². The first-order chi connectivity index (χ1) is 10.3. The second-order valence-electron chi connectivity index (χ2n) is 5.26. The maximum Gasteiger partial charge on any atom is 0.228 e. The number of rotatable bonds is 4. The van der Waals surface area contributed by atoms with E-state index in [2.05, 4.69) is 37.1 Å². The largest absolute Gasteiger partial charge is 0.307 e. The standard InChI is InChI=1S/C15H20N6/c1-2-21-8-3-5-12(11-21)13-9-19-14(10-18-13)20-15-16-6-4-7-17-15/h4,6-7,9-10,12H,2-3,5,8,11H2,1H3,(H,16,17,19,20). The second kappa shape index (κ2) is 6.58. The van der Waals surface area contributed by atoms with Gasteiger partial charge in [-0.2, -0.15) is 0 Å². The minimum Gasteiger partial charge on any atom is -0.307 e. The summed E-state index contributed by atoms with van der Waals surface area (Å²) in [5.74, 6) is 1.70. The molecule has 3 rings (SSSR count). The first kappa shape index (κ1) is 13.9. The molecule has 1 atom stereocenters. The van der Waals surface area contributed by atoms with Crippen molar-refractivity contribution >= 4 is 11.8 Å². The van der Waals surface area contributed by atoms with Crippen LogP contribution >= 0.6 is 0 Å². The molecule has 0 aromatic carbocycles. The Morgan fingerprint density at radius 3 is 2.76 bits per heavy atom. The fourth-order valence-electron chi connectivity index (χ4n) is 2.68. The summed E-state index contributed by atoms with van der Waals surface area (Å²) in [6.45, 7) is 5.60. The van der Waals surface area contributed by atoms with Gasteiger partial charge in [-0.05, 0) is 32.0 Å². The van der Waals surface area contributed by atoms with E-state index in [1.165, 1.54) is 19.4 Å². The quantitative estimate of drug-likeness (QED) is 0.928. The molecule has 1 saturated heterocycles. The summed E-state index contributed by atoms with van der Waals surface area (Å²) in [5, 5.41) is 3.05. The van der Waals surface area contributed by atoms with E-state index >= 15 is 0 Å². The highest BCUT2D eigenvalue weighted by atomic mass is 15.1. The number of piperidine rings is 1. The molecule has 1 aliphatic heterocycles. The molecule has 0 amide bonds. The minimum absolute atomic E-state index is 0.494. The smallest absolute Gasteiger partial charge is 0.228 e. The van der Waals surface area contributed by atoms with Crippen molar-refractivity contribution in [3.63, 3.8) is 0 Å². The van der Waals surface area contributed by atoms with Gasteiger partial charge in [-0.1, -0.05) is 6.92 Å². The molecule has 0 aliphatic carbocycles. The van der Waals surface area contributed by atoms with Gasteiger partial charge >= 0.3 is 0 Å². The summed E-state index contributed by atoms with van der Waals surface area (Å²) in [5.41, 5.74) is 1.08. The first-order valence-electron chi connectivity index (χ1n) is 7.43. The molecular formula is C15H20N6. The van der Waals surface area contributed by atoms with E-state index in [-0.39, 0.29) is 0 Å². The van der Waals surface area contributed by atoms with Crippen molar-refractivity contribution in [2.24, 2.45) is 0 Å². The molecule has 0 bridgehead atoms. The van der Waals surface area contributed by atoms with Gasteiger partial charge in [-0.25, -0.2) is 15.0 Å². The van der Waals surface area contributed by atoms with Crippen molar-refractivity contribution in [1.82, 2.24) is 24.8 Å². The summed E-state index contributed by atoms with van der Waals surface area (Å²) in [6.07, 6.45) is 9.44. The van der Waals surface area contributed by atoms with Crippen LogP contribution in [-0.2, 0) is 0 Å². The Balaban J connectivity index is 1.66. The highest BCUT2D eigenvalue weighted by Crippen LogP contribution is 2.25. The zero-order valence-electron chi connectivity index (χ0n) is 12.2. The molecule has 0 radical (unpaired) electrons. The zero-order chi connectivity index (χ0) is 14.5. The fraction of sp³-hybridized carbons (Fsp3) is 0.467. The lowest BCUT2D eigenvalue weighted by molar-refractivity contribution is 0.216. The predicted octanol–water partition coefficient (Wildman–Crippen LogP) is 2.21. The molecule has 2 aromatic heterocycles. The molecule has 1 aliphatic rings. The van der Waals surface area contributed by atoms with Crippen LogP contribution < -0.4 is 5.32 Å². The van der Waals surface area contributed by atoms with Crippen LogP contribution in [0.3, 0.4) is 0 Å². The lowest BCUT2D eigenvalue weighted by Gasteiger charge is -2.31. The van der Waals surface area contributed by atoms with Gasteiger partial charge in [0.25, 0.3) is 0 Å². The maximum absolute atomic E-state index is 4.56. The highest BCUT2D eigenvalue weighted by molar-refractivity contribution is 5.45. The summed E-state index contributed by atoms with van der Waals surface area (Å²) in [6, 6.07) is 1.78. The van der Waals surface area contributed by atoms with E-state index in [0.29, 0.717) is 17.7 Å². The Morgan fingerprint density at radius 2 is 2.05 bits per heavy atom. The number of likely N-dealkylation sites (N-methyl/N-ethyl adjacent to an activating group) is 1. The van der Waals surface area contributed by atoms with Gasteiger partial charge in [0.05, 0.1) is 18.1 Å². The molecule has 1 fully saturated rings. The van der Waals surface area contributed by atoms with Gasteiger partial charge in [0.15, 0.2) is 5.82 Å². The number of nitrogens with one attached hydrogen (secondary N) is 1. The number of aromatic nitrogens is 4. The molecule has 1 unspecified atom stereocenters. The topological polar surface area (TPSA) is 66.8 Å². The Kier molecular flexibility index (Phi) is 4.35. The zero-order valence-corrected chi connectivity index (χ0v) is 12.2. The van der Waals surface area contributed by atoms with E-state index in [1.54, 1.807) is 24.7 Å². The normalized spacial score (nSPS) is 19.4. The van der Waals surface area contributed by atoms with Crippen LogP contribution in [0.5, 0.6) is 0 Å². The highest BCUT2D eigenvalue weighted by Gasteiger charge is 2.21. The van der Waals surface area contributed by atoms with Crippen molar-refractivity contribution in [2.75, 3.05) is 25.0 Å². The number of nitrogens with zero attached hydrogens (tertiary/aromatic N) is 5. The van der Waals surface area contributed by atoms with Gasteiger partial charge in [-0.3, -0.25) is 4.98 Å². The van der Waals surface area contributed by atoms with Crippen molar-refractivity contribution in [3.8, 4) is 0 Å². The summed E-state index contributed by atoms with van der Waals surface area (Å²) < 4.78 is 0. The summed E-state index contributed by atoms with van der Waals surface area (Å²) in [7, 11) is 0. The molecule has 6 nitrogen and oxygen atoms in total. The van der Waals surface area contributed by atoms with Crippen LogP contribution in [0.25, 0.3) is 0 Å². The van der Waals surface area contributed by atoms with E-state index in [0.717, 1.165) is 18.8 Å². The summed E-state index contributed by atoms with van der Waals surface area (Å²) in [4.78, 5) is 19.7. The fourth-order valence-corrected chi connectivity index (χ4v) is 2.68. The van der Waals surface area contributed by atoms with Crippen LogP contribution in [0.1, 0.15) is 31.4 Å². The average molecular weight is 284 g/mol. The van der Waals surface area contributed by atoms with E-state index in [1.807, 2.05) is 6.20 Å². The minimum atomic E-state index is 0.494. The third-order valence-electron chi connectivity index (χ3n) is 3.85. The number of anilines is 2. The summed E-state index contributed by atoms with van der Waals surface area (Å²) >= 11 is 0. The molecule has 21 heavy (non-hydrogen) atoms. The number of likely N-dealkylation sites (tertiary alicyclic amines) is 1. The SMILES string of the molecule is CCN1CCCC(c2cnc(Nc3ncccn3)cn2)C1. The van der Waals surface area contributed by atoms with Crippen molar-refractivity contribution in [1.29, 1.82) is 0 Å². The number of hydrogen-bond donors (Lipinski definition) is 1. The lowest BCUT2D eigenvalue weighted by Crippen LogP contribution is -2.34. The van der Waals surface area contributed by atoms with Crippen molar-refractivity contribution < 1.29 is 0 Å². The van der Waals surface area contributed by atoms with Crippen LogP contribution in [0.4, 0.5) is 11.8 Å². The van der Waals surface area contributed by atoms with Crippen molar-refractivity contribution in [3.05, 3.63) is 36.5 Å². The Bertz CT molecular complexity index is 556. The van der Waals surface area contributed by atoms with E-state index < -0.39 is 0 Å². The molecule has 3 heterocycles. The average Bonchev–Trinajstić information content (AvgIpc) is 2.56. The Hall–Kier alpha value is -2.08. The maximum atomic E-state index is 4.56. The molecule has 110 valence electrons. The third kappa shape index (κ3) is 3.52. The van der Waals surface area contributed by atoms with Gasteiger partial charge in [0, 0.05) is 24.9 Å². The molecule has 2 aromatic rings. The first-order valence-corrected chi connectivity index (χ1v) is 7.43. The second-order valence-corrected chi connectivity index (χ2v) is 5.26. The predicted molar refractivity (Wildman–Crippen MR) is 81.4 cm³/mol. The molecule has 0 saturated carbocycles. The van der Waals surface area contributed by atoms with Gasteiger partial charge in [0.2, 0.25) is 5.95 Å². The third-order valence-corrected chi connectivity index (χ3v) is 3.85. The number of hydrogen-bond acceptors (Lipinski definition) is 6. The molecule has 1 N–H and O–H groups in total. The molecule has 6 heteroatoms. The van der Waals surface area contributed by atoms with Crippen LogP contribution in [0.2, 0.25) is 0 Å². The Labute approximate surface area is 124 Å². The van der Waals surface area contributed by atoms with Crippen LogP contribution in [0.15, 0.2) is 30.9 Å².